The molecule has 3 heterocycles. The van der Waals surface area contributed by atoms with Gasteiger partial charge >= 0.3 is 0 Å². The number of benzene rings is 1. The van der Waals surface area contributed by atoms with Crippen molar-refractivity contribution in [3.63, 3.8) is 0 Å². The third kappa shape index (κ3) is 4.66. The maximum atomic E-state index is 13.5. The summed E-state index contributed by atoms with van der Waals surface area (Å²) >= 11 is 0. The summed E-state index contributed by atoms with van der Waals surface area (Å²) in [6.07, 6.45) is 7.56. The summed E-state index contributed by atoms with van der Waals surface area (Å²) in [5.74, 6) is 1.96. The molecule has 4 rings (SSSR count). The molecule has 1 saturated heterocycles. The van der Waals surface area contributed by atoms with Crippen molar-refractivity contribution >= 4 is 11.9 Å². The van der Waals surface area contributed by atoms with Crippen molar-refractivity contribution in [2.75, 3.05) is 39.8 Å². The number of aryl methyl sites for hydroxylation is 1. The highest BCUT2D eigenvalue weighted by Gasteiger charge is 2.33. The van der Waals surface area contributed by atoms with Crippen molar-refractivity contribution in [1.29, 1.82) is 0 Å². The molecule has 0 saturated carbocycles. The third-order valence-electron chi connectivity index (χ3n) is 6.21. The zero-order valence-electron chi connectivity index (χ0n) is 20.4. The molecule has 1 atom stereocenters. The minimum absolute atomic E-state index is 0.0668. The highest BCUT2D eigenvalue weighted by Crippen LogP contribution is 2.38. The highest BCUT2D eigenvalue weighted by atomic mass is 16.5. The van der Waals surface area contributed by atoms with Gasteiger partial charge in [-0.15, -0.1) is 0 Å². The number of pyridine rings is 1. The molecule has 8 nitrogen and oxygen atoms in total. The fourth-order valence-electron chi connectivity index (χ4n) is 4.45. The fourth-order valence-corrected chi connectivity index (χ4v) is 4.45. The number of ether oxygens (including phenoxy) is 2. The van der Waals surface area contributed by atoms with E-state index in [4.69, 9.17) is 14.5 Å². The Labute approximate surface area is 200 Å². The summed E-state index contributed by atoms with van der Waals surface area (Å²) in [5.41, 5.74) is 4.79. The average Bonchev–Trinajstić information content (AvgIpc) is 3.34. The summed E-state index contributed by atoms with van der Waals surface area (Å²) in [6.45, 7) is 2.73. The number of hydrogen-bond donors (Lipinski definition) is 0. The van der Waals surface area contributed by atoms with Gasteiger partial charge in [-0.2, -0.15) is 0 Å². The quantitative estimate of drug-likeness (QED) is 0.529. The van der Waals surface area contributed by atoms with Crippen LogP contribution < -0.4 is 14.4 Å². The summed E-state index contributed by atoms with van der Waals surface area (Å²) in [5, 5.41) is 0. The standard InChI is InChI=1S/C26H31N5O3/c1-17-15-27-11-10-19(17)20-16-28-26(30(2)3)29-25(20)21-7-6-12-31(21)24(32)14-18-8-9-22(33-4)23(13-18)34-5/h8-11,13,15-16,21H,6-7,12,14H2,1-5H3/t21-/m1/s1. The monoisotopic (exact) mass is 461 g/mol. The van der Waals surface area contributed by atoms with E-state index in [9.17, 15) is 4.79 Å². The first-order valence-electron chi connectivity index (χ1n) is 11.4. The van der Waals surface area contributed by atoms with Crippen LogP contribution in [0.15, 0.2) is 42.9 Å². The van der Waals surface area contributed by atoms with Crippen LogP contribution in [0.4, 0.5) is 5.95 Å². The second-order valence-electron chi connectivity index (χ2n) is 8.67. The van der Waals surface area contributed by atoms with Gasteiger partial charge in [-0.1, -0.05) is 6.07 Å². The lowest BCUT2D eigenvalue weighted by molar-refractivity contribution is -0.131. The molecule has 0 radical (unpaired) electrons. The van der Waals surface area contributed by atoms with Gasteiger partial charge in [0.2, 0.25) is 11.9 Å². The number of carbonyl (C=O) groups is 1. The molecule has 34 heavy (non-hydrogen) atoms. The normalized spacial score (nSPS) is 15.3. The molecular formula is C26H31N5O3. The SMILES string of the molecule is COc1ccc(CC(=O)N2CCC[C@@H]2c2nc(N(C)C)ncc2-c2ccncc2C)cc1OC. The first kappa shape index (κ1) is 23.5. The predicted octanol–water partition coefficient (Wildman–Crippen LogP) is 3.84. The van der Waals surface area contributed by atoms with Crippen molar-refractivity contribution in [1.82, 2.24) is 19.9 Å². The minimum Gasteiger partial charge on any atom is -0.493 e. The Morgan fingerprint density at radius 2 is 1.91 bits per heavy atom. The molecule has 1 fully saturated rings. The van der Waals surface area contributed by atoms with Crippen LogP contribution in [0.5, 0.6) is 11.5 Å². The maximum Gasteiger partial charge on any atom is 0.227 e. The molecule has 2 aromatic heterocycles. The first-order valence-corrected chi connectivity index (χ1v) is 11.4. The Morgan fingerprint density at radius 3 is 2.62 bits per heavy atom. The maximum absolute atomic E-state index is 13.5. The largest absolute Gasteiger partial charge is 0.493 e. The minimum atomic E-state index is -0.114. The number of carbonyl (C=O) groups excluding carboxylic acids is 1. The van der Waals surface area contributed by atoms with Crippen molar-refractivity contribution in [3.8, 4) is 22.6 Å². The zero-order chi connectivity index (χ0) is 24.2. The smallest absolute Gasteiger partial charge is 0.227 e. The van der Waals surface area contributed by atoms with E-state index in [2.05, 4.69) is 9.97 Å². The number of nitrogens with zero attached hydrogens (tertiary/aromatic N) is 5. The lowest BCUT2D eigenvalue weighted by Crippen LogP contribution is -2.33. The van der Waals surface area contributed by atoms with Gasteiger partial charge in [0.15, 0.2) is 11.5 Å². The van der Waals surface area contributed by atoms with Crippen LogP contribution in [0.25, 0.3) is 11.1 Å². The number of anilines is 1. The van der Waals surface area contributed by atoms with Gasteiger partial charge in [-0.05, 0) is 54.7 Å². The highest BCUT2D eigenvalue weighted by molar-refractivity contribution is 5.80. The van der Waals surface area contributed by atoms with E-state index >= 15 is 0 Å². The van der Waals surface area contributed by atoms with E-state index in [-0.39, 0.29) is 18.4 Å². The lowest BCUT2D eigenvalue weighted by Gasteiger charge is -2.27. The number of amides is 1. The zero-order valence-corrected chi connectivity index (χ0v) is 20.4. The number of methoxy groups -OCH3 is 2. The molecule has 178 valence electrons. The van der Waals surface area contributed by atoms with Gasteiger partial charge in [0.1, 0.15) is 0 Å². The van der Waals surface area contributed by atoms with Crippen molar-refractivity contribution in [2.45, 2.75) is 32.2 Å². The molecule has 1 aliphatic rings. The Hall–Kier alpha value is -3.68. The van der Waals surface area contributed by atoms with E-state index in [1.54, 1.807) is 20.4 Å². The Kier molecular flexibility index (Phi) is 6.95. The Bertz CT molecular complexity index is 1180. The molecule has 3 aromatic rings. The van der Waals surface area contributed by atoms with Gasteiger partial charge in [0.25, 0.3) is 0 Å². The van der Waals surface area contributed by atoms with Crippen LogP contribution in [0.2, 0.25) is 0 Å². The van der Waals surface area contributed by atoms with Crippen LogP contribution in [0, 0.1) is 6.92 Å². The van der Waals surface area contributed by atoms with Crippen molar-refractivity contribution in [3.05, 3.63) is 59.7 Å². The molecule has 0 spiro atoms. The number of likely N-dealkylation sites (tertiary alicyclic amines) is 1. The van der Waals surface area contributed by atoms with Crippen molar-refractivity contribution in [2.24, 2.45) is 0 Å². The van der Waals surface area contributed by atoms with Gasteiger partial charge in [0.05, 0.1) is 32.4 Å². The van der Waals surface area contributed by atoms with Gasteiger partial charge < -0.3 is 19.3 Å². The summed E-state index contributed by atoms with van der Waals surface area (Å²) in [6, 6.07) is 7.48. The summed E-state index contributed by atoms with van der Waals surface area (Å²) in [7, 11) is 7.04. The van der Waals surface area contributed by atoms with Gasteiger partial charge in [-0.25, -0.2) is 9.97 Å². The van der Waals surface area contributed by atoms with Crippen LogP contribution in [0.3, 0.4) is 0 Å². The molecule has 1 amide bonds. The number of aromatic nitrogens is 3. The van der Waals surface area contributed by atoms with Gasteiger partial charge in [0, 0.05) is 44.8 Å². The first-order chi connectivity index (χ1) is 16.4. The Balaban J connectivity index is 1.68. The molecule has 0 N–H and O–H groups in total. The lowest BCUT2D eigenvalue weighted by atomic mass is 9.97. The van der Waals surface area contributed by atoms with E-state index in [1.165, 1.54) is 0 Å². The van der Waals surface area contributed by atoms with E-state index in [1.807, 2.05) is 67.5 Å². The van der Waals surface area contributed by atoms with E-state index in [0.717, 1.165) is 40.8 Å². The fraction of sp³-hybridized carbons (Fsp3) is 0.385. The van der Waals surface area contributed by atoms with E-state index in [0.29, 0.717) is 24.0 Å². The third-order valence-corrected chi connectivity index (χ3v) is 6.21. The molecule has 0 bridgehead atoms. The molecule has 1 aromatic carbocycles. The molecule has 8 heteroatoms. The molecular weight excluding hydrogens is 430 g/mol. The van der Waals surface area contributed by atoms with Crippen molar-refractivity contribution < 1.29 is 14.3 Å². The average molecular weight is 462 g/mol. The predicted molar refractivity (Wildman–Crippen MR) is 131 cm³/mol. The van der Waals surface area contributed by atoms with Crippen LogP contribution in [0.1, 0.15) is 35.7 Å². The van der Waals surface area contributed by atoms with Gasteiger partial charge in [-0.3, -0.25) is 9.78 Å². The van der Waals surface area contributed by atoms with E-state index < -0.39 is 0 Å². The molecule has 0 aliphatic carbocycles. The van der Waals surface area contributed by atoms with Crippen LogP contribution in [-0.4, -0.2) is 60.6 Å². The number of hydrogen-bond acceptors (Lipinski definition) is 7. The second kappa shape index (κ2) is 10.1. The molecule has 1 aliphatic heterocycles. The second-order valence-corrected chi connectivity index (χ2v) is 8.67. The number of rotatable bonds is 7. The topological polar surface area (TPSA) is 80.7 Å². The summed E-state index contributed by atoms with van der Waals surface area (Å²) < 4.78 is 10.7. The van der Waals surface area contributed by atoms with Crippen LogP contribution >= 0.6 is 0 Å². The Morgan fingerprint density at radius 1 is 1.12 bits per heavy atom. The summed E-state index contributed by atoms with van der Waals surface area (Å²) in [4.78, 5) is 31.0. The van der Waals surface area contributed by atoms with Crippen LogP contribution in [-0.2, 0) is 11.2 Å². The molecule has 0 unspecified atom stereocenters.